The number of hydrogen-bond acceptors (Lipinski definition) is 3. The molecule has 1 fully saturated rings. The zero-order valence-corrected chi connectivity index (χ0v) is 16.5. The molecule has 3 nitrogen and oxygen atoms in total. The van der Waals surface area contributed by atoms with Gasteiger partial charge in [-0.2, -0.15) is 0 Å². The molecule has 1 aliphatic heterocycles. The van der Waals surface area contributed by atoms with Gasteiger partial charge in [0, 0.05) is 37.9 Å². The molecule has 1 unspecified atom stereocenters. The molecule has 0 amide bonds. The molecule has 2 aliphatic rings. The molecular weight excluding hydrogens is 330 g/mol. The van der Waals surface area contributed by atoms with Gasteiger partial charge in [0.2, 0.25) is 0 Å². The first-order chi connectivity index (χ1) is 13.1. The van der Waals surface area contributed by atoms with Crippen LogP contribution in [0.1, 0.15) is 23.1 Å². The van der Waals surface area contributed by atoms with Gasteiger partial charge in [0.15, 0.2) is 0 Å². The second-order valence-electron chi connectivity index (χ2n) is 8.52. The van der Waals surface area contributed by atoms with Crippen molar-refractivity contribution in [3.63, 3.8) is 0 Å². The molecule has 0 bridgehead atoms. The average Bonchev–Trinajstić information content (AvgIpc) is 2.67. The van der Waals surface area contributed by atoms with E-state index in [-0.39, 0.29) is 0 Å². The first-order valence-electron chi connectivity index (χ1n) is 10.3. The van der Waals surface area contributed by atoms with Crippen LogP contribution in [0.25, 0.3) is 21.5 Å². The molecule has 3 heteroatoms. The van der Waals surface area contributed by atoms with Crippen LogP contribution in [0.2, 0.25) is 0 Å². The summed E-state index contributed by atoms with van der Waals surface area (Å²) in [6, 6.07) is 14.4. The summed E-state index contributed by atoms with van der Waals surface area (Å²) in [7, 11) is 2.21. The van der Waals surface area contributed by atoms with E-state index < -0.39 is 0 Å². The first-order valence-corrected chi connectivity index (χ1v) is 10.3. The smallest absolute Gasteiger partial charge is 0.0373 e. The topological polar surface area (TPSA) is 32.5 Å². The minimum Gasteiger partial charge on any atom is -0.369 e. The second-order valence-corrected chi connectivity index (χ2v) is 8.52. The fourth-order valence-electron chi connectivity index (χ4n) is 5.04. The number of hydrogen-bond donors (Lipinski definition) is 1. The van der Waals surface area contributed by atoms with Gasteiger partial charge < -0.3 is 15.5 Å². The predicted octanol–water partition coefficient (Wildman–Crippen LogP) is 3.87. The van der Waals surface area contributed by atoms with E-state index in [9.17, 15) is 0 Å². The molecule has 0 saturated carbocycles. The van der Waals surface area contributed by atoms with Crippen molar-refractivity contribution in [3.05, 3.63) is 53.1 Å². The molecule has 1 saturated heterocycles. The summed E-state index contributed by atoms with van der Waals surface area (Å²) >= 11 is 0. The predicted molar refractivity (Wildman–Crippen MR) is 116 cm³/mol. The third-order valence-electron chi connectivity index (χ3n) is 6.62. The Morgan fingerprint density at radius 1 is 0.963 bits per heavy atom. The third kappa shape index (κ3) is 2.90. The van der Waals surface area contributed by atoms with E-state index in [0.29, 0.717) is 6.04 Å². The molecule has 3 aromatic carbocycles. The second kappa shape index (κ2) is 6.50. The van der Waals surface area contributed by atoms with Crippen molar-refractivity contribution in [2.45, 2.75) is 32.2 Å². The molecule has 1 heterocycles. The minimum absolute atomic E-state index is 0.321. The Hall–Kier alpha value is -2.10. The van der Waals surface area contributed by atoms with Gasteiger partial charge in [-0.1, -0.05) is 24.3 Å². The number of nitrogens with zero attached hydrogens (tertiary/aromatic N) is 2. The highest BCUT2D eigenvalue weighted by Gasteiger charge is 2.20. The molecule has 0 radical (unpaired) electrons. The number of aryl methyl sites for hydroxylation is 2. The summed E-state index contributed by atoms with van der Waals surface area (Å²) in [5, 5.41) is 5.62. The van der Waals surface area contributed by atoms with E-state index >= 15 is 0 Å². The van der Waals surface area contributed by atoms with Crippen molar-refractivity contribution in [1.29, 1.82) is 0 Å². The van der Waals surface area contributed by atoms with Crippen molar-refractivity contribution in [3.8, 4) is 0 Å². The quantitative estimate of drug-likeness (QED) is 0.670. The van der Waals surface area contributed by atoms with Gasteiger partial charge in [0.05, 0.1) is 0 Å². The van der Waals surface area contributed by atoms with Crippen LogP contribution in [-0.4, -0.2) is 44.2 Å². The maximum Gasteiger partial charge on any atom is 0.0373 e. The van der Waals surface area contributed by atoms with E-state index in [2.05, 4.69) is 60.2 Å². The van der Waals surface area contributed by atoms with Crippen molar-refractivity contribution in [2.75, 3.05) is 38.1 Å². The number of fused-ring (bicyclic) bond motifs is 5. The van der Waals surface area contributed by atoms with Crippen LogP contribution in [0.3, 0.4) is 0 Å². The highest BCUT2D eigenvalue weighted by molar-refractivity contribution is 6.11. The summed E-state index contributed by atoms with van der Waals surface area (Å²) < 4.78 is 0. The highest BCUT2D eigenvalue weighted by Crippen LogP contribution is 2.36. The summed E-state index contributed by atoms with van der Waals surface area (Å²) in [6.07, 6.45) is 3.23. The lowest BCUT2D eigenvalue weighted by molar-refractivity contribution is 0.313. The zero-order valence-electron chi connectivity index (χ0n) is 16.5. The van der Waals surface area contributed by atoms with Crippen molar-refractivity contribution in [2.24, 2.45) is 5.73 Å². The Balaban J connectivity index is 1.63. The monoisotopic (exact) mass is 359 g/mol. The van der Waals surface area contributed by atoms with E-state index in [0.717, 1.165) is 45.4 Å². The maximum atomic E-state index is 6.21. The largest absolute Gasteiger partial charge is 0.369 e. The van der Waals surface area contributed by atoms with Crippen LogP contribution in [0.5, 0.6) is 0 Å². The fourth-order valence-corrected chi connectivity index (χ4v) is 5.04. The van der Waals surface area contributed by atoms with Crippen LogP contribution in [0.15, 0.2) is 36.4 Å². The first kappa shape index (κ1) is 17.0. The number of benzene rings is 3. The number of nitrogens with two attached hydrogens (primary N) is 1. The Labute approximate surface area is 161 Å². The minimum atomic E-state index is 0.321. The molecule has 2 N–H and O–H groups in total. The van der Waals surface area contributed by atoms with Gasteiger partial charge in [0.25, 0.3) is 0 Å². The lowest BCUT2D eigenvalue weighted by Crippen LogP contribution is -2.44. The molecule has 1 atom stereocenters. The zero-order chi connectivity index (χ0) is 18.5. The van der Waals surface area contributed by atoms with E-state index in [1.165, 1.54) is 43.9 Å². The standard InChI is InChI=1S/C24H29N3/c1-16-13-18-15-20(27-11-9-26(2)10-12-27)5-8-21(18)23-6-3-17-14-19(25)4-7-22(17)24(16)23/h3,5-6,8,13,15,19H,4,7,9-12,14,25H2,1-2H3. The number of rotatable bonds is 1. The number of likely N-dealkylation sites (N-methyl/N-ethyl adjacent to an activating group) is 1. The van der Waals surface area contributed by atoms with Crippen LogP contribution in [0.4, 0.5) is 5.69 Å². The van der Waals surface area contributed by atoms with E-state index in [1.54, 1.807) is 0 Å². The molecule has 5 rings (SSSR count). The third-order valence-corrected chi connectivity index (χ3v) is 6.62. The Morgan fingerprint density at radius 3 is 2.56 bits per heavy atom. The van der Waals surface area contributed by atoms with Crippen LogP contribution in [-0.2, 0) is 12.8 Å². The average molecular weight is 360 g/mol. The van der Waals surface area contributed by atoms with Gasteiger partial charge in [0.1, 0.15) is 0 Å². The molecule has 0 aromatic heterocycles. The molecule has 27 heavy (non-hydrogen) atoms. The number of piperazine rings is 1. The lowest BCUT2D eigenvalue weighted by Gasteiger charge is -2.34. The Kier molecular flexibility index (Phi) is 4.10. The summed E-state index contributed by atoms with van der Waals surface area (Å²) in [5.41, 5.74) is 12.0. The van der Waals surface area contributed by atoms with Gasteiger partial charge in [-0.25, -0.2) is 0 Å². The SMILES string of the molecule is Cc1cc2cc(N3CCN(C)CC3)ccc2c2ccc3c(c12)CCC(N)C3. The Morgan fingerprint density at radius 2 is 1.74 bits per heavy atom. The normalized spacial score (nSPS) is 21.0. The molecule has 140 valence electrons. The summed E-state index contributed by atoms with van der Waals surface area (Å²) in [4.78, 5) is 4.93. The molecule has 3 aromatic rings. The van der Waals surface area contributed by atoms with E-state index in [1.807, 2.05) is 0 Å². The molecule has 1 aliphatic carbocycles. The number of anilines is 1. The molecular formula is C24H29N3. The lowest BCUT2D eigenvalue weighted by atomic mass is 9.83. The summed E-state index contributed by atoms with van der Waals surface area (Å²) in [5.74, 6) is 0. The van der Waals surface area contributed by atoms with Crippen LogP contribution in [0, 0.1) is 6.92 Å². The summed E-state index contributed by atoms with van der Waals surface area (Å²) in [6.45, 7) is 6.79. The van der Waals surface area contributed by atoms with E-state index in [4.69, 9.17) is 5.73 Å². The van der Waals surface area contributed by atoms with Crippen molar-refractivity contribution < 1.29 is 0 Å². The van der Waals surface area contributed by atoms with Gasteiger partial charge >= 0.3 is 0 Å². The fraction of sp³-hybridized carbons (Fsp3) is 0.417. The van der Waals surface area contributed by atoms with Crippen LogP contribution >= 0.6 is 0 Å². The van der Waals surface area contributed by atoms with Gasteiger partial charge in [-0.15, -0.1) is 0 Å². The van der Waals surface area contributed by atoms with Crippen molar-refractivity contribution >= 4 is 27.2 Å². The van der Waals surface area contributed by atoms with Gasteiger partial charge in [-0.3, -0.25) is 0 Å². The highest BCUT2D eigenvalue weighted by atomic mass is 15.2. The maximum absolute atomic E-state index is 6.21. The molecule has 0 spiro atoms. The van der Waals surface area contributed by atoms with Crippen LogP contribution < -0.4 is 10.6 Å². The van der Waals surface area contributed by atoms with Gasteiger partial charge in [-0.05, 0) is 83.6 Å². The Bertz CT molecular complexity index is 1020. The van der Waals surface area contributed by atoms with Crippen molar-refractivity contribution in [1.82, 2.24) is 4.90 Å².